The average Bonchev–Trinajstić information content (AvgIpc) is 2.80. The highest BCUT2D eigenvalue weighted by Gasteiger charge is 2.39. The lowest BCUT2D eigenvalue weighted by Gasteiger charge is -2.38. The molecule has 3 N–H and O–H groups in total. The van der Waals surface area contributed by atoms with Crippen LogP contribution in [0, 0.1) is 5.82 Å². The molecular weight excluding hydrogens is 514 g/mol. The second-order valence-corrected chi connectivity index (χ2v) is 9.11. The van der Waals surface area contributed by atoms with Crippen molar-refractivity contribution in [2.45, 2.75) is 69.1 Å². The zero-order chi connectivity index (χ0) is 26.5. The van der Waals surface area contributed by atoms with Gasteiger partial charge in [-0.25, -0.2) is 9.18 Å². The third-order valence-corrected chi connectivity index (χ3v) is 6.38. The Hall–Kier alpha value is -2.80. The standard InChI is InChI=1S/C22H26ClF4N3O6/c23-16-7-6-15(9-17(16)24)35-11-19(31)28-13-3-8-18(30(10-13)21(33)34)20(32)29-12-1-4-14(5-2-12)36-22(25,26)27/h6-7,9,12-14,18H,1-5,8,10-11H2,(H,28,31)(H,29,32)(H,33,34)/t12?,13-,14?,18+/m0/s1. The third kappa shape index (κ3) is 8.12. The number of carboxylic acid groups (broad SMARTS) is 1. The van der Waals surface area contributed by atoms with Crippen molar-refractivity contribution in [3.63, 3.8) is 0 Å². The molecule has 0 bridgehead atoms. The van der Waals surface area contributed by atoms with E-state index in [4.69, 9.17) is 16.3 Å². The van der Waals surface area contributed by atoms with Gasteiger partial charge in [0.05, 0.1) is 11.1 Å². The topological polar surface area (TPSA) is 117 Å². The molecule has 0 spiro atoms. The number of amides is 3. The fourth-order valence-electron chi connectivity index (χ4n) is 4.37. The number of rotatable bonds is 7. The summed E-state index contributed by atoms with van der Waals surface area (Å²) >= 11 is 5.59. The predicted octanol–water partition coefficient (Wildman–Crippen LogP) is 3.45. The highest BCUT2D eigenvalue weighted by atomic mass is 35.5. The maximum Gasteiger partial charge on any atom is 0.522 e. The van der Waals surface area contributed by atoms with Crippen LogP contribution >= 0.6 is 11.6 Å². The largest absolute Gasteiger partial charge is 0.522 e. The summed E-state index contributed by atoms with van der Waals surface area (Å²) in [5.41, 5.74) is 0. The number of halogens is 5. The van der Waals surface area contributed by atoms with Gasteiger partial charge >= 0.3 is 12.5 Å². The van der Waals surface area contributed by atoms with Crippen LogP contribution < -0.4 is 15.4 Å². The quantitative estimate of drug-likeness (QED) is 0.457. The molecule has 200 valence electrons. The molecule has 1 aromatic rings. The van der Waals surface area contributed by atoms with Crippen molar-refractivity contribution in [2.75, 3.05) is 13.2 Å². The number of hydrogen-bond acceptors (Lipinski definition) is 5. The van der Waals surface area contributed by atoms with E-state index in [0.717, 1.165) is 11.0 Å². The molecule has 3 amide bonds. The first-order valence-electron chi connectivity index (χ1n) is 11.3. The Morgan fingerprint density at radius 3 is 2.33 bits per heavy atom. The van der Waals surface area contributed by atoms with Gasteiger partial charge in [0.1, 0.15) is 17.6 Å². The van der Waals surface area contributed by atoms with Gasteiger partial charge in [0, 0.05) is 24.7 Å². The Kier molecular flexibility index (Phi) is 9.23. The summed E-state index contributed by atoms with van der Waals surface area (Å²) in [6.45, 7) is -0.573. The first-order valence-corrected chi connectivity index (χ1v) is 11.7. The number of hydrogen-bond donors (Lipinski definition) is 3. The molecule has 1 aliphatic carbocycles. The molecule has 0 unspecified atom stereocenters. The summed E-state index contributed by atoms with van der Waals surface area (Å²) in [4.78, 5) is 37.7. The van der Waals surface area contributed by atoms with E-state index >= 15 is 0 Å². The van der Waals surface area contributed by atoms with Gasteiger partial charge in [-0.05, 0) is 50.7 Å². The molecule has 1 heterocycles. The molecule has 2 fully saturated rings. The van der Waals surface area contributed by atoms with Gasteiger partial charge in [-0.15, -0.1) is 13.2 Å². The minimum absolute atomic E-state index is 0.0930. The van der Waals surface area contributed by atoms with E-state index in [9.17, 15) is 37.1 Å². The smallest absolute Gasteiger partial charge is 0.484 e. The summed E-state index contributed by atoms with van der Waals surface area (Å²) in [6.07, 6.45) is -5.76. The van der Waals surface area contributed by atoms with Crippen LogP contribution in [-0.4, -0.2) is 71.7 Å². The lowest BCUT2D eigenvalue weighted by atomic mass is 9.92. The minimum atomic E-state index is -4.71. The van der Waals surface area contributed by atoms with E-state index in [1.165, 1.54) is 12.1 Å². The molecule has 14 heteroatoms. The summed E-state index contributed by atoms with van der Waals surface area (Å²) in [5.74, 6) is -1.69. The molecule has 0 radical (unpaired) electrons. The number of ether oxygens (including phenoxy) is 2. The van der Waals surface area contributed by atoms with Gasteiger partial charge in [0.15, 0.2) is 6.61 Å². The van der Waals surface area contributed by atoms with E-state index in [1.54, 1.807) is 0 Å². The Morgan fingerprint density at radius 2 is 1.72 bits per heavy atom. The maximum atomic E-state index is 13.5. The SMILES string of the molecule is O=C(COc1ccc(Cl)c(F)c1)N[C@H]1CC[C@H](C(=O)NC2CCC(OC(F)(F)F)CC2)N(C(=O)O)C1. The normalized spacial score (nSPS) is 24.6. The summed E-state index contributed by atoms with van der Waals surface area (Å²) in [7, 11) is 0. The average molecular weight is 540 g/mol. The molecule has 1 aliphatic heterocycles. The number of nitrogens with zero attached hydrogens (tertiary/aromatic N) is 1. The van der Waals surface area contributed by atoms with Crippen LogP contribution in [0.1, 0.15) is 38.5 Å². The predicted molar refractivity (Wildman–Crippen MR) is 118 cm³/mol. The summed E-state index contributed by atoms with van der Waals surface area (Å²) in [5, 5.41) is 14.9. The van der Waals surface area contributed by atoms with Gasteiger partial charge in [-0.1, -0.05) is 11.6 Å². The highest BCUT2D eigenvalue weighted by Crippen LogP contribution is 2.28. The number of alkyl halides is 3. The Bertz CT molecular complexity index is 958. The minimum Gasteiger partial charge on any atom is -0.484 e. The van der Waals surface area contributed by atoms with E-state index in [1.807, 2.05) is 0 Å². The maximum absolute atomic E-state index is 13.5. The molecule has 2 atom stereocenters. The molecule has 1 saturated heterocycles. The Morgan fingerprint density at radius 1 is 1.06 bits per heavy atom. The number of carbonyl (C=O) groups excluding carboxylic acids is 2. The van der Waals surface area contributed by atoms with Crippen molar-refractivity contribution in [2.24, 2.45) is 0 Å². The molecular formula is C22H26ClF4N3O6. The second-order valence-electron chi connectivity index (χ2n) is 8.70. The van der Waals surface area contributed by atoms with Crippen molar-refractivity contribution in [1.29, 1.82) is 0 Å². The number of piperidine rings is 1. The van der Waals surface area contributed by atoms with Crippen LogP contribution in [0.4, 0.5) is 22.4 Å². The number of likely N-dealkylation sites (tertiary alicyclic amines) is 1. The summed E-state index contributed by atoms with van der Waals surface area (Å²) < 4.78 is 59.8. The van der Waals surface area contributed by atoms with Gasteiger partial charge < -0.3 is 20.5 Å². The molecule has 3 rings (SSSR count). The Balaban J connectivity index is 1.46. The van der Waals surface area contributed by atoms with Crippen LogP contribution in [-0.2, 0) is 14.3 Å². The lowest BCUT2D eigenvalue weighted by Crippen LogP contribution is -2.59. The van der Waals surface area contributed by atoms with Crippen molar-refractivity contribution >= 4 is 29.5 Å². The lowest BCUT2D eigenvalue weighted by molar-refractivity contribution is -0.345. The molecule has 0 aromatic heterocycles. The van der Waals surface area contributed by atoms with E-state index < -0.39 is 54.9 Å². The third-order valence-electron chi connectivity index (χ3n) is 6.08. The van der Waals surface area contributed by atoms with Gasteiger partial charge in [0.2, 0.25) is 5.91 Å². The van der Waals surface area contributed by atoms with Crippen molar-refractivity contribution < 1.29 is 46.5 Å². The number of benzene rings is 1. The fourth-order valence-corrected chi connectivity index (χ4v) is 4.49. The van der Waals surface area contributed by atoms with E-state index in [2.05, 4.69) is 15.4 Å². The van der Waals surface area contributed by atoms with Gasteiger partial charge in [-0.2, -0.15) is 0 Å². The second kappa shape index (κ2) is 12.0. The van der Waals surface area contributed by atoms with Crippen LogP contribution in [0.3, 0.4) is 0 Å². The highest BCUT2D eigenvalue weighted by molar-refractivity contribution is 6.30. The van der Waals surface area contributed by atoms with Gasteiger partial charge in [-0.3, -0.25) is 19.2 Å². The van der Waals surface area contributed by atoms with Crippen LogP contribution in [0.15, 0.2) is 18.2 Å². The zero-order valence-corrected chi connectivity index (χ0v) is 19.8. The zero-order valence-electron chi connectivity index (χ0n) is 19.0. The number of carbonyl (C=O) groups is 3. The first kappa shape index (κ1) is 27.8. The molecule has 2 aliphatic rings. The summed E-state index contributed by atoms with van der Waals surface area (Å²) in [6, 6.07) is 1.76. The molecule has 36 heavy (non-hydrogen) atoms. The van der Waals surface area contributed by atoms with Crippen molar-refractivity contribution in [3.8, 4) is 5.75 Å². The van der Waals surface area contributed by atoms with Crippen LogP contribution in [0.5, 0.6) is 5.75 Å². The van der Waals surface area contributed by atoms with Gasteiger partial charge in [0.25, 0.3) is 5.91 Å². The van der Waals surface area contributed by atoms with Crippen LogP contribution in [0.2, 0.25) is 5.02 Å². The monoisotopic (exact) mass is 539 g/mol. The fraction of sp³-hybridized carbons (Fsp3) is 0.591. The first-order chi connectivity index (χ1) is 16.9. The molecule has 1 aromatic carbocycles. The van der Waals surface area contributed by atoms with E-state index in [0.29, 0.717) is 6.42 Å². The van der Waals surface area contributed by atoms with Crippen molar-refractivity contribution in [3.05, 3.63) is 29.0 Å². The van der Waals surface area contributed by atoms with Crippen LogP contribution in [0.25, 0.3) is 0 Å². The van der Waals surface area contributed by atoms with E-state index in [-0.39, 0.29) is 55.5 Å². The molecule has 1 saturated carbocycles. The molecule has 9 nitrogen and oxygen atoms in total. The Labute approximate surface area is 209 Å². The van der Waals surface area contributed by atoms with Crippen molar-refractivity contribution in [1.82, 2.24) is 15.5 Å². The number of nitrogens with one attached hydrogen (secondary N) is 2.